The first kappa shape index (κ1) is 23.6. The summed E-state index contributed by atoms with van der Waals surface area (Å²) < 4.78 is 5.41. The van der Waals surface area contributed by atoms with Crippen molar-refractivity contribution >= 4 is 29.2 Å². The summed E-state index contributed by atoms with van der Waals surface area (Å²) in [4.78, 5) is 29.7. The molecule has 3 aromatic rings. The Morgan fingerprint density at radius 3 is 2.81 bits per heavy atom. The first-order chi connectivity index (χ1) is 17.5. The number of aromatic nitrogens is 2. The number of methoxy groups -OCH3 is 1. The van der Waals surface area contributed by atoms with Crippen LogP contribution in [0, 0.1) is 0 Å². The highest BCUT2D eigenvalue weighted by Gasteiger charge is 2.28. The van der Waals surface area contributed by atoms with Crippen molar-refractivity contribution in [3.05, 3.63) is 65.4 Å². The zero-order valence-corrected chi connectivity index (χ0v) is 20.9. The number of aliphatic imine (C=N–C) groups is 1. The van der Waals surface area contributed by atoms with Gasteiger partial charge in [0.1, 0.15) is 11.6 Å². The molecular weight excluding hydrogens is 454 g/mol. The maximum absolute atomic E-state index is 12.8. The van der Waals surface area contributed by atoms with Gasteiger partial charge < -0.3 is 30.2 Å². The normalized spacial score (nSPS) is 16.8. The molecule has 1 saturated heterocycles. The molecule has 0 spiro atoms. The van der Waals surface area contributed by atoms with E-state index in [0.29, 0.717) is 23.6 Å². The van der Waals surface area contributed by atoms with Crippen molar-refractivity contribution in [2.45, 2.75) is 13.5 Å². The molecule has 1 fully saturated rings. The fraction of sp³-hybridized carbons (Fsp3) is 0.296. The largest absolute Gasteiger partial charge is 0.497 e. The lowest BCUT2D eigenvalue weighted by atomic mass is 10.0. The van der Waals surface area contributed by atoms with E-state index >= 15 is 0 Å². The average molecular weight is 486 g/mol. The van der Waals surface area contributed by atoms with E-state index in [1.807, 2.05) is 36.5 Å². The summed E-state index contributed by atoms with van der Waals surface area (Å²) in [7, 11) is 3.79. The summed E-state index contributed by atoms with van der Waals surface area (Å²) in [6, 6.07) is 5.86. The quantitative estimate of drug-likeness (QED) is 0.350. The van der Waals surface area contributed by atoms with E-state index in [2.05, 4.69) is 51.1 Å². The van der Waals surface area contributed by atoms with E-state index in [-0.39, 0.29) is 5.91 Å². The van der Waals surface area contributed by atoms with Gasteiger partial charge in [-0.05, 0) is 51.0 Å². The van der Waals surface area contributed by atoms with Crippen LogP contribution in [-0.2, 0) is 6.54 Å². The standard InChI is InChI=1S/C27H31N7O2/c1-17(34-11-9-33(3)10-12-34)5-8-24(28-2)32-23-16-30-26(21-15-31-27(35)25(21)23)20-14-29-22-7-6-18(36-4)13-19(20)22/h5-8,13-14,16,29,32H,2,9-12,15H2,1,3-4H3,(H,31,35)/b17-5+,24-8+. The molecule has 9 heteroatoms. The van der Waals surface area contributed by atoms with Gasteiger partial charge >= 0.3 is 0 Å². The minimum atomic E-state index is -0.138. The van der Waals surface area contributed by atoms with Gasteiger partial charge in [0.15, 0.2) is 0 Å². The number of nitrogens with one attached hydrogen (secondary N) is 3. The molecular formula is C27H31N7O2. The lowest BCUT2D eigenvalue weighted by molar-refractivity contribution is 0.0966. The third kappa shape index (κ3) is 4.45. The van der Waals surface area contributed by atoms with Gasteiger partial charge in [-0.25, -0.2) is 4.99 Å². The average Bonchev–Trinajstić information content (AvgIpc) is 3.50. The molecule has 186 valence electrons. The molecule has 0 bridgehead atoms. The summed E-state index contributed by atoms with van der Waals surface area (Å²) in [6.45, 7) is 10.3. The molecule has 0 radical (unpaired) electrons. The number of benzene rings is 1. The Balaban J connectivity index is 1.46. The van der Waals surface area contributed by atoms with E-state index in [1.165, 1.54) is 0 Å². The summed E-state index contributed by atoms with van der Waals surface area (Å²) in [6.07, 6.45) is 7.53. The molecule has 0 unspecified atom stereocenters. The van der Waals surface area contributed by atoms with Crippen LogP contribution in [0.2, 0.25) is 0 Å². The van der Waals surface area contributed by atoms with E-state index in [0.717, 1.165) is 65.3 Å². The Labute approximate surface area is 210 Å². The van der Waals surface area contributed by atoms with Gasteiger partial charge in [-0.2, -0.15) is 0 Å². The van der Waals surface area contributed by atoms with Gasteiger partial charge in [0.05, 0.1) is 30.3 Å². The van der Waals surface area contributed by atoms with Crippen LogP contribution in [0.4, 0.5) is 5.69 Å². The number of hydrogen-bond acceptors (Lipinski definition) is 7. The van der Waals surface area contributed by atoms with Crippen LogP contribution < -0.4 is 15.4 Å². The fourth-order valence-electron chi connectivity index (χ4n) is 4.73. The van der Waals surface area contributed by atoms with Crippen LogP contribution in [0.15, 0.2) is 59.3 Å². The highest BCUT2D eigenvalue weighted by Crippen LogP contribution is 2.37. The van der Waals surface area contributed by atoms with E-state index in [1.54, 1.807) is 13.3 Å². The number of fused-ring (bicyclic) bond motifs is 2. The van der Waals surface area contributed by atoms with Crippen LogP contribution in [0.5, 0.6) is 5.75 Å². The SMILES string of the molecule is C=N/C(=C\C=C(/C)N1CCN(C)CC1)Nc1cnc(-c2c[nH]c3ccc(OC)cc23)c2c1C(=O)NC2. The summed E-state index contributed by atoms with van der Waals surface area (Å²) in [5.74, 6) is 1.18. The van der Waals surface area contributed by atoms with E-state index < -0.39 is 0 Å². The van der Waals surface area contributed by atoms with Gasteiger partial charge in [-0.3, -0.25) is 9.78 Å². The number of pyridine rings is 1. The van der Waals surface area contributed by atoms with Gasteiger partial charge in [0, 0.05) is 66.6 Å². The van der Waals surface area contributed by atoms with Gasteiger partial charge in [0.2, 0.25) is 0 Å². The molecule has 0 aliphatic carbocycles. The first-order valence-electron chi connectivity index (χ1n) is 12.0. The summed E-state index contributed by atoms with van der Waals surface area (Å²) in [5.41, 5.74) is 5.85. The lowest BCUT2D eigenvalue weighted by Gasteiger charge is -2.34. The van der Waals surface area contributed by atoms with Crippen molar-refractivity contribution in [2.75, 3.05) is 45.7 Å². The monoisotopic (exact) mass is 485 g/mol. The van der Waals surface area contributed by atoms with Crippen LogP contribution in [0.1, 0.15) is 22.8 Å². The lowest BCUT2D eigenvalue weighted by Crippen LogP contribution is -2.43. The first-order valence-corrected chi connectivity index (χ1v) is 12.0. The number of allylic oxidation sites excluding steroid dienone is 3. The number of carbonyl (C=O) groups excluding carboxylic acids is 1. The predicted octanol–water partition coefficient (Wildman–Crippen LogP) is 3.59. The third-order valence-electron chi connectivity index (χ3n) is 6.89. The molecule has 3 N–H and O–H groups in total. The molecule has 36 heavy (non-hydrogen) atoms. The van der Waals surface area contributed by atoms with Crippen LogP contribution in [0.3, 0.4) is 0 Å². The number of nitrogens with zero attached hydrogens (tertiary/aromatic N) is 4. The molecule has 1 aromatic carbocycles. The number of aromatic amines is 1. The van der Waals surface area contributed by atoms with E-state index in [4.69, 9.17) is 9.72 Å². The van der Waals surface area contributed by atoms with Crippen molar-refractivity contribution in [1.82, 2.24) is 25.1 Å². The van der Waals surface area contributed by atoms with Gasteiger partial charge in [-0.1, -0.05) is 0 Å². The zero-order chi connectivity index (χ0) is 25.2. The summed E-state index contributed by atoms with van der Waals surface area (Å²) >= 11 is 0. The Hall–Kier alpha value is -4.11. The maximum Gasteiger partial charge on any atom is 0.254 e. The van der Waals surface area contributed by atoms with Crippen LogP contribution >= 0.6 is 0 Å². The molecule has 9 nitrogen and oxygen atoms in total. The molecule has 2 aliphatic heterocycles. The minimum absolute atomic E-state index is 0.138. The Morgan fingerprint density at radius 2 is 2.06 bits per heavy atom. The number of anilines is 1. The Bertz CT molecular complexity index is 1380. The Kier molecular flexibility index (Phi) is 6.47. The molecule has 1 amide bonds. The van der Waals surface area contributed by atoms with E-state index in [9.17, 15) is 4.79 Å². The van der Waals surface area contributed by atoms with Crippen LogP contribution in [0.25, 0.3) is 22.2 Å². The minimum Gasteiger partial charge on any atom is -0.497 e. The molecule has 2 aliphatic rings. The number of likely N-dealkylation sites (N-methyl/N-ethyl adjacent to an activating group) is 1. The highest BCUT2D eigenvalue weighted by molar-refractivity contribution is 6.06. The second-order valence-electron chi connectivity index (χ2n) is 9.10. The van der Waals surface area contributed by atoms with Gasteiger partial charge in [-0.15, -0.1) is 0 Å². The molecule has 4 heterocycles. The molecule has 0 atom stereocenters. The van der Waals surface area contributed by atoms with Crippen molar-refractivity contribution in [1.29, 1.82) is 0 Å². The predicted molar refractivity (Wildman–Crippen MR) is 143 cm³/mol. The summed E-state index contributed by atoms with van der Waals surface area (Å²) in [5, 5.41) is 7.19. The number of carbonyl (C=O) groups is 1. The smallest absolute Gasteiger partial charge is 0.254 e. The topological polar surface area (TPSA) is 97.9 Å². The van der Waals surface area contributed by atoms with Gasteiger partial charge in [0.25, 0.3) is 5.91 Å². The zero-order valence-electron chi connectivity index (χ0n) is 20.9. The number of piperazine rings is 1. The van der Waals surface area contributed by atoms with Crippen molar-refractivity contribution in [2.24, 2.45) is 4.99 Å². The van der Waals surface area contributed by atoms with Crippen LogP contribution in [-0.4, -0.2) is 72.7 Å². The number of ether oxygens (including phenoxy) is 1. The maximum atomic E-state index is 12.8. The van der Waals surface area contributed by atoms with Crippen molar-refractivity contribution in [3.8, 4) is 17.0 Å². The second kappa shape index (κ2) is 9.87. The number of H-pyrrole nitrogens is 1. The molecule has 5 rings (SSSR count). The Morgan fingerprint density at radius 1 is 1.25 bits per heavy atom. The fourth-order valence-corrected chi connectivity index (χ4v) is 4.73. The third-order valence-corrected chi connectivity index (χ3v) is 6.89. The number of hydrogen-bond donors (Lipinski definition) is 3. The molecule has 2 aromatic heterocycles. The molecule has 0 saturated carbocycles. The second-order valence-corrected chi connectivity index (χ2v) is 9.10. The number of amides is 1. The highest BCUT2D eigenvalue weighted by atomic mass is 16.5. The van der Waals surface area contributed by atoms with Crippen molar-refractivity contribution < 1.29 is 9.53 Å². The number of rotatable bonds is 7. The van der Waals surface area contributed by atoms with Crippen molar-refractivity contribution in [3.63, 3.8) is 0 Å².